The molecule has 0 N–H and O–H groups in total. The van der Waals surface area contributed by atoms with E-state index in [1.807, 2.05) is 11.8 Å². The Bertz CT molecular complexity index is 184. The maximum Gasteiger partial charge on any atom is 0.0797 e. The lowest BCUT2D eigenvalue weighted by Gasteiger charge is -2.26. The number of thioether (sulfide) groups is 1. The van der Waals surface area contributed by atoms with E-state index >= 15 is 0 Å². The van der Waals surface area contributed by atoms with Crippen LogP contribution in [0.15, 0.2) is 11.6 Å². The van der Waals surface area contributed by atoms with Crippen LogP contribution in [0.4, 0.5) is 0 Å². The van der Waals surface area contributed by atoms with Crippen LogP contribution >= 0.6 is 23.4 Å². The van der Waals surface area contributed by atoms with Crippen molar-refractivity contribution in [3.8, 4) is 0 Å². The third-order valence-electron chi connectivity index (χ3n) is 2.12. The van der Waals surface area contributed by atoms with E-state index in [0.717, 1.165) is 6.42 Å². The zero-order valence-electron chi connectivity index (χ0n) is 8.06. The minimum absolute atomic E-state index is 0.282. The van der Waals surface area contributed by atoms with Crippen molar-refractivity contribution in [3.05, 3.63) is 11.6 Å². The lowest BCUT2D eigenvalue weighted by atomic mass is 9.87. The molecule has 0 aliphatic carbocycles. The first-order valence-corrected chi connectivity index (χ1v) is 5.92. The van der Waals surface area contributed by atoms with E-state index in [1.54, 1.807) is 0 Å². The summed E-state index contributed by atoms with van der Waals surface area (Å²) in [5, 5.41) is 0. The molecule has 1 atom stereocenters. The fourth-order valence-electron chi connectivity index (χ4n) is 1.62. The SMILES string of the molecule is C/C1=C\C(C)(C)CC(Cl)SCC1. The Morgan fingerprint density at radius 2 is 2.25 bits per heavy atom. The summed E-state index contributed by atoms with van der Waals surface area (Å²) in [6.07, 6.45) is 4.65. The van der Waals surface area contributed by atoms with Gasteiger partial charge in [0.1, 0.15) is 0 Å². The van der Waals surface area contributed by atoms with Crippen LogP contribution < -0.4 is 0 Å². The summed E-state index contributed by atoms with van der Waals surface area (Å²) < 4.78 is 0.296. The topological polar surface area (TPSA) is 0 Å². The minimum Gasteiger partial charge on any atom is -0.142 e. The molecule has 0 saturated heterocycles. The van der Waals surface area contributed by atoms with Gasteiger partial charge in [0, 0.05) is 0 Å². The average Bonchev–Trinajstić information content (AvgIpc) is 1.81. The smallest absolute Gasteiger partial charge is 0.0797 e. The van der Waals surface area contributed by atoms with E-state index in [0.29, 0.717) is 4.71 Å². The van der Waals surface area contributed by atoms with Gasteiger partial charge in [0.05, 0.1) is 4.71 Å². The van der Waals surface area contributed by atoms with Crippen molar-refractivity contribution in [3.63, 3.8) is 0 Å². The van der Waals surface area contributed by atoms with Crippen LogP contribution in [0.25, 0.3) is 0 Å². The van der Waals surface area contributed by atoms with E-state index in [4.69, 9.17) is 11.6 Å². The van der Waals surface area contributed by atoms with Crippen molar-refractivity contribution in [1.29, 1.82) is 0 Å². The van der Waals surface area contributed by atoms with E-state index in [-0.39, 0.29) is 5.41 Å². The van der Waals surface area contributed by atoms with Crippen LogP contribution in [0.5, 0.6) is 0 Å². The summed E-state index contributed by atoms with van der Waals surface area (Å²) in [6, 6.07) is 0. The van der Waals surface area contributed by atoms with Crippen molar-refractivity contribution in [2.45, 2.75) is 38.3 Å². The summed E-state index contributed by atoms with van der Waals surface area (Å²) in [5.74, 6) is 1.17. The van der Waals surface area contributed by atoms with Gasteiger partial charge < -0.3 is 0 Å². The molecule has 0 nitrogen and oxygen atoms in total. The summed E-state index contributed by atoms with van der Waals surface area (Å²) in [7, 11) is 0. The molecule has 0 aromatic carbocycles. The Kier molecular flexibility index (Phi) is 3.54. The van der Waals surface area contributed by atoms with Crippen molar-refractivity contribution >= 4 is 23.4 Å². The second-order valence-electron chi connectivity index (χ2n) is 4.21. The summed E-state index contributed by atoms with van der Waals surface area (Å²) in [5.41, 5.74) is 1.79. The molecule has 70 valence electrons. The number of halogens is 1. The van der Waals surface area contributed by atoms with Gasteiger partial charge >= 0.3 is 0 Å². The maximum atomic E-state index is 6.16. The molecule has 0 fully saturated rings. The second-order valence-corrected chi connectivity index (χ2v) is 6.31. The molecule has 0 amide bonds. The predicted molar refractivity (Wildman–Crippen MR) is 58.9 cm³/mol. The predicted octanol–water partition coefficient (Wildman–Crippen LogP) is 4.05. The molecule has 2 heteroatoms. The molecule has 12 heavy (non-hydrogen) atoms. The first kappa shape index (κ1) is 10.5. The molecular weight excluding hydrogens is 188 g/mol. The molecule has 1 rings (SSSR count). The molecular formula is C10H17ClS. The number of alkyl halides is 1. The Balaban J connectivity index is 2.71. The van der Waals surface area contributed by atoms with Crippen molar-refractivity contribution in [1.82, 2.24) is 0 Å². The molecule has 0 aromatic heterocycles. The fraction of sp³-hybridized carbons (Fsp3) is 0.800. The molecule has 0 spiro atoms. The van der Waals surface area contributed by atoms with Gasteiger partial charge in [-0.3, -0.25) is 0 Å². The van der Waals surface area contributed by atoms with Gasteiger partial charge in [-0.1, -0.05) is 25.5 Å². The van der Waals surface area contributed by atoms with E-state index in [9.17, 15) is 0 Å². The first-order valence-electron chi connectivity index (χ1n) is 4.44. The normalized spacial score (nSPS) is 34.7. The molecule has 0 saturated carbocycles. The third-order valence-corrected chi connectivity index (χ3v) is 3.62. The average molecular weight is 205 g/mol. The van der Waals surface area contributed by atoms with Crippen molar-refractivity contribution in [2.24, 2.45) is 5.41 Å². The third kappa shape index (κ3) is 3.40. The number of hydrogen-bond donors (Lipinski definition) is 0. The Labute approximate surface area is 84.8 Å². The molecule has 1 heterocycles. The van der Waals surface area contributed by atoms with E-state index in [1.165, 1.54) is 17.7 Å². The molecule has 1 unspecified atom stereocenters. The zero-order chi connectivity index (χ0) is 9.19. The quantitative estimate of drug-likeness (QED) is 0.424. The summed E-state index contributed by atoms with van der Waals surface area (Å²) >= 11 is 8.04. The Morgan fingerprint density at radius 1 is 1.58 bits per heavy atom. The van der Waals surface area contributed by atoms with Gasteiger partial charge in [-0.15, -0.1) is 23.4 Å². The highest BCUT2D eigenvalue weighted by Gasteiger charge is 2.22. The van der Waals surface area contributed by atoms with Gasteiger partial charge in [0.2, 0.25) is 0 Å². The van der Waals surface area contributed by atoms with Crippen LogP contribution in [0.2, 0.25) is 0 Å². The van der Waals surface area contributed by atoms with Crippen LogP contribution in [-0.4, -0.2) is 10.5 Å². The molecule has 1 aliphatic heterocycles. The van der Waals surface area contributed by atoms with Crippen LogP contribution in [0.1, 0.15) is 33.6 Å². The molecule has 0 radical (unpaired) electrons. The molecule has 0 bridgehead atoms. The summed E-state index contributed by atoms with van der Waals surface area (Å²) in [6.45, 7) is 6.74. The number of rotatable bonds is 0. The van der Waals surface area contributed by atoms with E-state index < -0.39 is 0 Å². The first-order chi connectivity index (χ1) is 5.49. The van der Waals surface area contributed by atoms with Gasteiger partial charge in [-0.25, -0.2) is 0 Å². The highest BCUT2D eigenvalue weighted by atomic mass is 35.5. The maximum absolute atomic E-state index is 6.16. The van der Waals surface area contributed by atoms with E-state index in [2.05, 4.69) is 26.8 Å². The van der Waals surface area contributed by atoms with Crippen LogP contribution in [0, 0.1) is 5.41 Å². The Morgan fingerprint density at radius 3 is 2.92 bits per heavy atom. The second kappa shape index (κ2) is 4.06. The lowest BCUT2D eigenvalue weighted by Crippen LogP contribution is -2.15. The van der Waals surface area contributed by atoms with Crippen molar-refractivity contribution in [2.75, 3.05) is 5.75 Å². The molecule has 0 aromatic rings. The Hall–Kier alpha value is 0.380. The number of allylic oxidation sites excluding steroid dienone is 2. The fourth-order valence-corrected chi connectivity index (χ4v) is 3.53. The highest BCUT2D eigenvalue weighted by molar-refractivity contribution is 8.01. The number of hydrogen-bond acceptors (Lipinski definition) is 1. The van der Waals surface area contributed by atoms with Gasteiger partial charge in [0.25, 0.3) is 0 Å². The molecule has 1 aliphatic rings. The van der Waals surface area contributed by atoms with Gasteiger partial charge in [-0.05, 0) is 30.9 Å². The van der Waals surface area contributed by atoms with Crippen molar-refractivity contribution < 1.29 is 0 Å². The van der Waals surface area contributed by atoms with Crippen LogP contribution in [0.3, 0.4) is 0 Å². The largest absolute Gasteiger partial charge is 0.142 e. The zero-order valence-corrected chi connectivity index (χ0v) is 9.63. The lowest BCUT2D eigenvalue weighted by molar-refractivity contribution is 0.451. The minimum atomic E-state index is 0.282. The van der Waals surface area contributed by atoms with Gasteiger partial charge in [0.15, 0.2) is 0 Å². The monoisotopic (exact) mass is 204 g/mol. The standard InChI is InChI=1S/C10H17ClS/c1-8-4-5-12-9(11)7-10(2,3)6-8/h6,9H,4-5,7H2,1-3H3/b8-6+. The highest BCUT2D eigenvalue weighted by Crippen LogP contribution is 2.35. The van der Waals surface area contributed by atoms with Crippen LogP contribution in [-0.2, 0) is 0 Å². The summed E-state index contributed by atoms with van der Waals surface area (Å²) in [4.78, 5) is 0. The van der Waals surface area contributed by atoms with Gasteiger partial charge in [-0.2, -0.15) is 0 Å².